The second-order valence-corrected chi connectivity index (χ2v) is 5.20. The average Bonchev–Trinajstić information content (AvgIpc) is 2.42. The van der Waals surface area contributed by atoms with E-state index in [-0.39, 0.29) is 19.3 Å². The van der Waals surface area contributed by atoms with Crippen molar-refractivity contribution in [3.8, 4) is 5.75 Å². The van der Waals surface area contributed by atoms with E-state index in [4.69, 9.17) is 4.74 Å². The monoisotopic (exact) mass is 332 g/mol. The summed E-state index contributed by atoms with van der Waals surface area (Å²) in [6.07, 6.45) is -7.04. The van der Waals surface area contributed by atoms with Crippen molar-refractivity contribution >= 4 is 11.9 Å². The highest BCUT2D eigenvalue weighted by molar-refractivity contribution is 5.74. The Bertz CT molecular complexity index is 567. The summed E-state index contributed by atoms with van der Waals surface area (Å²) in [7, 11) is 0. The van der Waals surface area contributed by atoms with Gasteiger partial charge >= 0.3 is 18.1 Å². The average molecular weight is 332 g/mol. The van der Waals surface area contributed by atoms with Crippen LogP contribution < -0.4 is 4.74 Å². The normalized spacial score (nSPS) is 12.6. The maximum absolute atomic E-state index is 12.2. The summed E-state index contributed by atoms with van der Waals surface area (Å²) in [4.78, 5) is 22.9. The zero-order chi connectivity index (χ0) is 17.6. The van der Waals surface area contributed by atoms with Gasteiger partial charge in [-0.1, -0.05) is 12.1 Å². The summed E-state index contributed by atoms with van der Waals surface area (Å²) in [6, 6.07) is 5.28. The Kier molecular flexibility index (Phi) is 6.60. The number of hydrogen-bond donors (Lipinski definition) is 0. The van der Waals surface area contributed by atoms with Crippen molar-refractivity contribution in [3.05, 3.63) is 29.3 Å². The zero-order valence-electron chi connectivity index (χ0n) is 13.2. The van der Waals surface area contributed by atoms with Crippen molar-refractivity contribution in [2.45, 2.75) is 52.3 Å². The SMILES string of the molecule is Cc1cccc(OC(=O)CCCC(=O)OC(C)C(F)(F)F)c1C. The molecular formula is C16H19F3O4. The molecule has 1 aromatic carbocycles. The Balaban J connectivity index is 2.37. The Morgan fingerprint density at radius 1 is 1.13 bits per heavy atom. The minimum atomic E-state index is -4.59. The predicted molar refractivity (Wildman–Crippen MR) is 77.0 cm³/mol. The molecule has 0 spiro atoms. The lowest BCUT2D eigenvalue weighted by molar-refractivity contribution is -0.216. The first-order valence-corrected chi connectivity index (χ1v) is 7.14. The first-order chi connectivity index (χ1) is 10.6. The number of ether oxygens (including phenoxy) is 2. The van der Waals surface area contributed by atoms with Gasteiger partial charge < -0.3 is 9.47 Å². The Morgan fingerprint density at radius 2 is 1.74 bits per heavy atom. The number of hydrogen-bond acceptors (Lipinski definition) is 4. The Labute approximate surface area is 132 Å². The van der Waals surface area contributed by atoms with Crippen molar-refractivity contribution < 1.29 is 32.2 Å². The molecule has 1 unspecified atom stereocenters. The molecule has 0 saturated heterocycles. The van der Waals surface area contributed by atoms with Crippen LogP contribution in [0.1, 0.15) is 37.3 Å². The van der Waals surface area contributed by atoms with Crippen LogP contribution in [0.4, 0.5) is 13.2 Å². The molecule has 0 N–H and O–H groups in total. The first-order valence-electron chi connectivity index (χ1n) is 7.14. The topological polar surface area (TPSA) is 52.6 Å². The fourth-order valence-corrected chi connectivity index (χ4v) is 1.71. The lowest BCUT2D eigenvalue weighted by atomic mass is 10.1. The molecule has 1 atom stereocenters. The van der Waals surface area contributed by atoms with Crippen LogP contribution in [0.15, 0.2) is 18.2 Å². The lowest BCUT2D eigenvalue weighted by Gasteiger charge is -2.16. The number of esters is 2. The van der Waals surface area contributed by atoms with Gasteiger partial charge in [-0.3, -0.25) is 9.59 Å². The van der Waals surface area contributed by atoms with Crippen LogP contribution in [0.5, 0.6) is 5.75 Å². The van der Waals surface area contributed by atoms with Gasteiger partial charge in [0.15, 0.2) is 6.10 Å². The van der Waals surface area contributed by atoms with Crippen molar-refractivity contribution in [3.63, 3.8) is 0 Å². The molecule has 7 heteroatoms. The van der Waals surface area contributed by atoms with E-state index in [1.165, 1.54) is 0 Å². The number of carbonyl (C=O) groups is 2. The van der Waals surface area contributed by atoms with Gasteiger partial charge in [-0.15, -0.1) is 0 Å². The number of halogens is 3. The standard InChI is InChI=1S/C16H19F3O4/c1-10-6-4-7-13(11(10)2)23-15(21)9-5-8-14(20)22-12(3)16(17,18)19/h4,6-7,12H,5,8-9H2,1-3H3. The molecule has 0 aliphatic carbocycles. The molecule has 1 aromatic rings. The van der Waals surface area contributed by atoms with E-state index < -0.39 is 24.2 Å². The maximum Gasteiger partial charge on any atom is 0.425 e. The Morgan fingerprint density at radius 3 is 2.35 bits per heavy atom. The number of rotatable bonds is 6. The number of carbonyl (C=O) groups excluding carboxylic acids is 2. The highest BCUT2D eigenvalue weighted by Gasteiger charge is 2.38. The van der Waals surface area contributed by atoms with Crippen LogP contribution in [0, 0.1) is 13.8 Å². The second-order valence-electron chi connectivity index (χ2n) is 5.20. The molecule has 0 radical (unpaired) electrons. The summed E-state index contributed by atoms with van der Waals surface area (Å²) in [5.41, 5.74) is 1.80. The smallest absolute Gasteiger partial charge is 0.425 e. The summed E-state index contributed by atoms with van der Waals surface area (Å²) in [5, 5.41) is 0. The lowest BCUT2D eigenvalue weighted by Crippen LogP contribution is -2.30. The third kappa shape index (κ3) is 6.30. The van der Waals surface area contributed by atoms with Gasteiger partial charge in [-0.25, -0.2) is 0 Å². The van der Waals surface area contributed by atoms with E-state index in [2.05, 4.69) is 4.74 Å². The highest BCUT2D eigenvalue weighted by atomic mass is 19.4. The summed E-state index contributed by atoms with van der Waals surface area (Å²) >= 11 is 0. The number of alkyl halides is 3. The molecule has 1 rings (SSSR count). The van der Waals surface area contributed by atoms with Crippen molar-refractivity contribution in [1.29, 1.82) is 0 Å². The Hall–Kier alpha value is -2.05. The molecular weight excluding hydrogens is 313 g/mol. The van der Waals surface area contributed by atoms with Crippen LogP contribution in [-0.2, 0) is 14.3 Å². The third-order valence-electron chi connectivity index (χ3n) is 3.31. The maximum atomic E-state index is 12.2. The number of benzene rings is 1. The fraction of sp³-hybridized carbons (Fsp3) is 0.500. The highest BCUT2D eigenvalue weighted by Crippen LogP contribution is 2.23. The van der Waals surface area contributed by atoms with Crippen molar-refractivity contribution in [1.82, 2.24) is 0 Å². The van der Waals surface area contributed by atoms with Gasteiger partial charge in [0, 0.05) is 12.8 Å². The van der Waals surface area contributed by atoms with Crippen LogP contribution in [0.3, 0.4) is 0 Å². The largest absolute Gasteiger partial charge is 0.453 e. The molecule has 0 aliphatic rings. The van der Waals surface area contributed by atoms with Gasteiger partial charge in [0.25, 0.3) is 0 Å². The minimum absolute atomic E-state index is 0.0626. The molecule has 0 aromatic heterocycles. The van der Waals surface area contributed by atoms with Gasteiger partial charge in [-0.2, -0.15) is 13.2 Å². The first kappa shape index (κ1) is 19.0. The number of aryl methyl sites for hydroxylation is 1. The van der Waals surface area contributed by atoms with E-state index in [1.807, 2.05) is 19.9 Å². The van der Waals surface area contributed by atoms with E-state index in [0.717, 1.165) is 18.1 Å². The zero-order valence-corrected chi connectivity index (χ0v) is 13.2. The summed E-state index contributed by atoms with van der Waals surface area (Å²) in [6.45, 7) is 4.45. The van der Waals surface area contributed by atoms with Gasteiger partial charge in [0.05, 0.1) is 0 Å². The van der Waals surface area contributed by atoms with E-state index in [0.29, 0.717) is 5.75 Å². The van der Waals surface area contributed by atoms with Gasteiger partial charge in [0.1, 0.15) is 5.75 Å². The molecule has 0 saturated carbocycles. The molecule has 23 heavy (non-hydrogen) atoms. The summed E-state index contributed by atoms with van der Waals surface area (Å²) in [5.74, 6) is -1.10. The molecule has 0 aliphatic heterocycles. The fourth-order valence-electron chi connectivity index (χ4n) is 1.71. The summed E-state index contributed by atoms with van der Waals surface area (Å²) < 4.78 is 46.1. The molecule has 0 heterocycles. The van der Waals surface area contributed by atoms with Crippen LogP contribution in [0.2, 0.25) is 0 Å². The molecule has 128 valence electrons. The molecule has 4 nitrogen and oxygen atoms in total. The third-order valence-corrected chi connectivity index (χ3v) is 3.31. The van der Waals surface area contributed by atoms with Crippen molar-refractivity contribution in [2.24, 2.45) is 0 Å². The van der Waals surface area contributed by atoms with Gasteiger partial charge in [0.2, 0.25) is 0 Å². The van der Waals surface area contributed by atoms with Crippen LogP contribution in [-0.4, -0.2) is 24.2 Å². The predicted octanol–water partition coefficient (Wildman–Crippen LogP) is 3.87. The van der Waals surface area contributed by atoms with Gasteiger partial charge in [-0.05, 0) is 44.4 Å². The second kappa shape index (κ2) is 7.99. The van der Waals surface area contributed by atoms with Crippen molar-refractivity contribution in [2.75, 3.05) is 0 Å². The molecule has 0 fully saturated rings. The van der Waals surface area contributed by atoms with Crippen LogP contribution >= 0.6 is 0 Å². The molecule has 0 bridgehead atoms. The van der Waals surface area contributed by atoms with E-state index in [9.17, 15) is 22.8 Å². The molecule has 0 amide bonds. The van der Waals surface area contributed by atoms with Crippen LogP contribution in [0.25, 0.3) is 0 Å². The minimum Gasteiger partial charge on any atom is -0.453 e. The van der Waals surface area contributed by atoms with E-state index >= 15 is 0 Å². The quantitative estimate of drug-likeness (QED) is 0.586. The van der Waals surface area contributed by atoms with E-state index in [1.54, 1.807) is 12.1 Å².